The summed E-state index contributed by atoms with van der Waals surface area (Å²) in [7, 11) is 1.57. The lowest BCUT2D eigenvalue weighted by Crippen LogP contribution is -2.06. The maximum Gasteiger partial charge on any atom is 0.363 e. The van der Waals surface area contributed by atoms with Crippen LogP contribution in [0.15, 0.2) is 51.5 Å². The summed E-state index contributed by atoms with van der Waals surface area (Å²) < 4.78 is 16.4. The Morgan fingerprint density at radius 2 is 2.04 bits per heavy atom. The van der Waals surface area contributed by atoms with Gasteiger partial charge in [0.25, 0.3) is 0 Å². The van der Waals surface area contributed by atoms with E-state index in [0.717, 1.165) is 12.2 Å². The van der Waals surface area contributed by atoms with E-state index in [1.54, 1.807) is 25.3 Å². The molecule has 1 fully saturated rings. The average Bonchev–Trinajstić information content (AvgIpc) is 2.98. The zero-order chi connectivity index (χ0) is 16.7. The van der Waals surface area contributed by atoms with Gasteiger partial charge in [-0.25, -0.2) is 9.79 Å². The Bertz CT molecular complexity index is 862. The molecule has 0 bridgehead atoms. The highest BCUT2D eigenvalue weighted by atomic mass is 16.6. The molecule has 2 atom stereocenters. The third-order valence-corrected chi connectivity index (χ3v) is 4.36. The molecule has 5 heteroatoms. The summed E-state index contributed by atoms with van der Waals surface area (Å²) >= 11 is 0. The SMILES string of the molecule is COc1ccccc1C1=N/C(=C\c2ccc([C@@H]3C[C@@H]3C)o2)C(=O)O1. The van der Waals surface area contributed by atoms with E-state index < -0.39 is 5.97 Å². The van der Waals surface area contributed by atoms with Crippen LogP contribution in [0.5, 0.6) is 5.75 Å². The number of aliphatic imine (C=N–C) groups is 1. The zero-order valence-corrected chi connectivity index (χ0v) is 13.5. The predicted octanol–water partition coefficient (Wildman–Crippen LogP) is 3.76. The van der Waals surface area contributed by atoms with Crippen LogP contribution in [0.4, 0.5) is 0 Å². The first-order valence-electron chi connectivity index (χ1n) is 7.91. The molecule has 0 N–H and O–H groups in total. The minimum atomic E-state index is -0.492. The van der Waals surface area contributed by atoms with E-state index in [1.807, 2.05) is 24.3 Å². The maximum absolute atomic E-state index is 12.1. The van der Waals surface area contributed by atoms with Gasteiger partial charge in [-0.1, -0.05) is 19.1 Å². The summed E-state index contributed by atoms with van der Waals surface area (Å²) in [4.78, 5) is 16.4. The van der Waals surface area contributed by atoms with Crippen molar-refractivity contribution < 1.29 is 18.7 Å². The number of ether oxygens (including phenoxy) is 2. The van der Waals surface area contributed by atoms with E-state index in [0.29, 0.717) is 28.9 Å². The summed E-state index contributed by atoms with van der Waals surface area (Å²) in [6.07, 6.45) is 2.77. The molecule has 0 spiro atoms. The number of methoxy groups -OCH3 is 1. The largest absolute Gasteiger partial charge is 0.496 e. The van der Waals surface area contributed by atoms with E-state index in [9.17, 15) is 4.79 Å². The second-order valence-electron chi connectivity index (χ2n) is 6.10. The molecule has 1 aliphatic carbocycles. The number of nitrogens with zero attached hydrogens (tertiary/aromatic N) is 1. The van der Waals surface area contributed by atoms with Crippen LogP contribution in [0.1, 0.15) is 36.3 Å². The van der Waals surface area contributed by atoms with Crippen molar-refractivity contribution in [3.63, 3.8) is 0 Å². The summed E-state index contributed by atoms with van der Waals surface area (Å²) in [5.74, 6) is 3.10. The van der Waals surface area contributed by atoms with Crippen LogP contribution in [0.25, 0.3) is 6.08 Å². The van der Waals surface area contributed by atoms with Crippen LogP contribution < -0.4 is 4.74 Å². The van der Waals surface area contributed by atoms with Crippen LogP contribution >= 0.6 is 0 Å². The van der Waals surface area contributed by atoms with Crippen molar-refractivity contribution in [3.8, 4) is 5.75 Å². The summed E-state index contributed by atoms with van der Waals surface area (Å²) in [5, 5.41) is 0. The van der Waals surface area contributed by atoms with Gasteiger partial charge in [0.1, 0.15) is 17.3 Å². The van der Waals surface area contributed by atoms with Crippen LogP contribution in [-0.2, 0) is 9.53 Å². The molecule has 0 radical (unpaired) electrons. The molecular weight excluding hydrogens is 306 g/mol. The van der Waals surface area contributed by atoms with Crippen LogP contribution in [-0.4, -0.2) is 19.0 Å². The fourth-order valence-electron chi connectivity index (χ4n) is 2.84. The number of para-hydroxylation sites is 1. The molecule has 2 heterocycles. The molecule has 2 aliphatic rings. The van der Waals surface area contributed by atoms with Gasteiger partial charge in [0.2, 0.25) is 5.90 Å². The van der Waals surface area contributed by atoms with Crippen molar-refractivity contribution in [1.82, 2.24) is 0 Å². The van der Waals surface area contributed by atoms with Crippen LogP contribution in [0, 0.1) is 5.92 Å². The lowest BCUT2D eigenvalue weighted by atomic mass is 10.2. The lowest BCUT2D eigenvalue weighted by molar-refractivity contribution is -0.129. The van der Waals surface area contributed by atoms with E-state index in [2.05, 4.69) is 11.9 Å². The minimum absolute atomic E-state index is 0.223. The summed E-state index contributed by atoms with van der Waals surface area (Å²) in [6.45, 7) is 2.20. The first-order valence-corrected chi connectivity index (χ1v) is 7.91. The Hall–Kier alpha value is -2.82. The van der Waals surface area contributed by atoms with E-state index in [4.69, 9.17) is 13.9 Å². The van der Waals surface area contributed by atoms with Crippen molar-refractivity contribution in [1.29, 1.82) is 0 Å². The zero-order valence-electron chi connectivity index (χ0n) is 13.5. The Kier molecular flexibility index (Phi) is 3.49. The number of rotatable bonds is 4. The Morgan fingerprint density at radius 3 is 2.79 bits per heavy atom. The number of hydrogen-bond acceptors (Lipinski definition) is 5. The van der Waals surface area contributed by atoms with Gasteiger partial charge in [0, 0.05) is 12.0 Å². The van der Waals surface area contributed by atoms with Crippen molar-refractivity contribution in [2.24, 2.45) is 10.9 Å². The quantitative estimate of drug-likeness (QED) is 0.635. The fraction of sp³-hybridized carbons (Fsp3) is 0.263. The van der Waals surface area contributed by atoms with Gasteiger partial charge >= 0.3 is 5.97 Å². The molecule has 5 nitrogen and oxygen atoms in total. The van der Waals surface area contributed by atoms with Gasteiger partial charge in [0.15, 0.2) is 5.70 Å². The molecule has 1 aromatic heterocycles. The molecule has 4 rings (SSSR count). The first kappa shape index (κ1) is 14.8. The molecule has 0 amide bonds. The third kappa shape index (κ3) is 2.62. The monoisotopic (exact) mass is 323 g/mol. The summed E-state index contributed by atoms with van der Waals surface area (Å²) in [5.41, 5.74) is 0.865. The van der Waals surface area contributed by atoms with Gasteiger partial charge in [-0.2, -0.15) is 0 Å². The van der Waals surface area contributed by atoms with Gasteiger partial charge in [0.05, 0.1) is 12.7 Å². The third-order valence-electron chi connectivity index (χ3n) is 4.36. The van der Waals surface area contributed by atoms with Crippen LogP contribution in [0.2, 0.25) is 0 Å². The number of carbonyl (C=O) groups excluding carboxylic acids is 1. The number of benzene rings is 1. The standard InChI is InChI=1S/C19H17NO4/c1-11-9-14(11)17-8-7-12(23-17)10-15-19(21)24-18(20-15)13-5-3-4-6-16(13)22-2/h3-8,10-11,14H,9H2,1-2H3/b15-10-/t11-,14+/m0/s1. The normalized spacial score (nSPS) is 24.0. The van der Waals surface area contributed by atoms with E-state index in [1.165, 1.54) is 0 Å². The maximum atomic E-state index is 12.1. The van der Waals surface area contributed by atoms with Crippen LogP contribution in [0.3, 0.4) is 0 Å². The number of furan rings is 1. The predicted molar refractivity (Wildman–Crippen MR) is 88.8 cm³/mol. The Morgan fingerprint density at radius 1 is 1.25 bits per heavy atom. The van der Waals surface area contributed by atoms with Crippen molar-refractivity contribution in [2.75, 3.05) is 7.11 Å². The molecular formula is C19H17NO4. The second-order valence-corrected chi connectivity index (χ2v) is 6.10. The topological polar surface area (TPSA) is 61.0 Å². The van der Waals surface area contributed by atoms with Gasteiger partial charge in [-0.3, -0.25) is 0 Å². The molecule has 1 aliphatic heterocycles. The molecule has 1 aromatic carbocycles. The van der Waals surface area contributed by atoms with Gasteiger partial charge in [-0.05, 0) is 36.6 Å². The molecule has 2 aromatic rings. The number of esters is 1. The highest BCUT2D eigenvalue weighted by Gasteiger charge is 2.36. The number of cyclic esters (lactones) is 1. The van der Waals surface area contributed by atoms with Crippen molar-refractivity contribution in [2.45, 2.75) is 19.3 Å². The van der Waals surface area contributed by atoms with E-state index in [-0.39, 0.29) is 11.6 Å². The number of hydrogen-bond donors (Lipinski definition) is 0. The number of carbonyl (C=O) groups is 1. The molecule has 24 heavy (non-hydrogen) atoms. The molecule has 0 unspecified atom stereocenters. The smallest absolute Gasteiger partial charge is 0.363 e. The summed E-state index contributed by atoms with van der Waals surface area (Å²) in [6, 6.07) is 11.1. The van der Waals surface area contributed by atoms with Gasteiger partial charge in [-0.15, -0.1) is 0 Å². The molecule has 1 saturated carbocycles. The first-order chi connectivity index (χ1) is 11.7. The fourth-order valence-corrected chi connectivity index (χ4v) is 2.84. The van der Waals surface area contributed by atoms with Crippen molar-refractivity contribution in [3.05, 3.63) is 59.2 Å². The highest BCUT2D eigenvalue weighted by Crippen LogP contribution is 2.47. The van der Waals surface area contributed by atoms with E-state index >= 15 is 0 Å². The lowest BCUT2D eigenvalue weighted by Gasteiger charge is -2.05. The average molecular weight is 323 g/mol. The van der Waals surface area contributed by atoms with Gasteiger partial charge < -0.3 is 13.9 Å². The Balaban J connectivity index is 1.62. The molecule has 0 saturated heterocycles. The molecule has 122 valence electrons. The Labute approximate surface area is 139 Å². The highest BCUT2D eigenvalue weighted by molar-refractivity contribution is 6.13. The second kappa shape index (κ2) is 5.67. The van der Waals surface area contributed by atoms with Crippen molar-refractivity contribution >= 4 is 17.9 Å². The minimum Gasteiger partial charge on any atom is -0.496 e.